The smallest absolute Gasteiger partial charge is 0.103 e. The van der Waals surface area contributed by atoms with Crippen molar-refractivity contribution >= 4 is 5.69 Å². The molecule has 1 heterocycles. The number of nitrogens with one attached hydrogen (secondary N) is 1. The van der Waals surface area contributed by atoms with E-state index >= 15 is 0 Å². The summed E-state index contributed by atoms with van der Waals surface area (Å²) in [5.74, 6) is 0. The Morgan fingerprint density at radius 1 is 0.731 bits per heavy atom. The Hall–Kier alpha value is -2.58. The molecule has 2 nitrogen and oxygen atoms in total. The molecule has 0 spiro atoms. The topological polar surface area (TPSA) is 7.68 Å². The Balaban J connectivity index is 1.27. The van der Waals surface area contributed by atoms with Gasteiger partial charge in [-0.3, -0.25) is 0 Å². The molecular weight excluding hydrogens is 316 g/mol. The first-order chi connectivity index (χ1) is 12.9. The number of quaternary nitrogens is 1. The summed E-state index contributed by atoms with van der Waals surface area (Å²) in [5.41, 5.74) is 8.66. The van der Waals surface area contributed by atoms with Crippen LogP contribution in [0, 0.1) is 0 Å². The van der Waals surface area contributed by atoms with Crippen molar-refractivity contribution < 1.29 is 4.90 Å². The van der Waals surface area contributed by atoms with Crippen LogP contribution in [0.25, 0.3) is 11.1 Å². The molecule has 2 aliphatic rings. The Bertz CT molecular complexity index is 909. The van der Waals surface area contributed by atoms with Crippen molar-refractivity contribution in [2.45, 2.75) is 13.0 Å². The lowest BCUT2D eigenvalue weighted by Crippen LogP contribution is -3.13. The standard InChI is InChI=1S/C24H24N2/c1-2-6-19(7-3-1)18-25-12-14-26(15-13-25)22-10-11-24-21(17-22)16-20-8-4-5-9-23(20)24/h1-11,17H,12-16,18H2/p+1. The van der Waals surface area contributed by atoms with Crippen molar-refractivity contribution in [3.63, 3.8) is 0 Å². The van der Waals surface area contributed by atoms with Crippen molar-refractivity contribution in [2.24, 2.45) is 0 Å². The number of rotatable bonds is 3. The number of hydrogen-bond acceptors (Lipinski definition) is 1. The van der Waals surface area contributed by atoms with E-state index in [9.17, 15) is 0 Å². The van der Waals surface area contributed by atoms with Crippen LogP contribution in [0.1, 0.15) is 16.7 Å². The zero-order valence-electron chi connectivity index (χ0n) is 15.1. The summed E-state index contributed by atoms with van der Waals surface area (Å²) in [5, 5.41) is 0. The normalized spacial score (nSPS) is 16.4. The predicted octanol–water partition coefficient (Wildman–Crippen LogP) is 3.16. The van der Waals surface area contributed by atoms with Crippen LogP contribution < -0.4 is 9.80 Å². The molecule has 130 valence electrons. The molecule has 1 aliphatic heterocycles. The van der Waals surface area contributed by atoms with Gasteiger partial charge in [0.05, 0.1) is 26.2 Å². The van der Waals surface area contributed by atoms with Crippen LogP contribution in [0.15, 0.2) is 72.8 Å². The molecule has 0 aromatic heterocycles. The van der Waals surface area contributed by atoms with Crippen LogP contribution >= 0.6 is 0 Å². The number of fused-ring (bicyclic) bond motifs is 3. The van der Waals surface area contributed by atoms with Crippen molar-refractivity contribution in [1.29, 1.82) is 0 Å². The minimum absolute atomic E-state index is 1.08. The minimum atomic E-state index is 1.08. The zero-order chi connectivity index (χ0) is 17.3. The van der Waals surface area contributed by atoms with Gasteiger partial charge in [-0.05, 0) is 40.8 Å². The molecule has 3 aromatic carbocycles. The fraction of sp³-hybridized carbons (Fsp3) is 0.250. The highest BCUT2D eigenvalue weighted by atomic mass is 15.3. The highest BCUT2D eigenvalue weighted by Crippen LogP contribution is 2.38. The number of benzene rings is 3. The maximum atomic E-state index is 2.57. The van der Waals surface area contributed by atoms with E-state index in [1.807, 2.05) is 0 Å². The first-order valence-electron chi connectivity index (χ1n) is 9.70. The fourth-order valence-corrected chi connectivity index (χ4v) is 4.47. The average Bonchev–Trinajstić information content (AvgIpc) is 3.07. The zero-order valence-corrected chi connectivity index (χ0v) is 15.1. The molecule has 1 fully saturated rings. The van der Waals surface area contributed by atoms with E-state index in [0.717, 1.165) is 26.1 Å². The SMILES string of the molecule is c1ccc(C[NH+]2CCN(c3ccc4c(c3)Cc3ccccc3-4)CC2)cc1. The van der Waals surface area contributed by atoms with Gasteiger partial charge in [0.15, 0.2) is 0 Å². The van der Waals surface area contributed by atoms with E-state index in [-0.39, 0.29) is 0 Å². The highest BCUT2D eigenvalue weighted by molar-refractivity contribution is 5.78. The van der Waals surface area contributed by atoms with Crippen LogP contribution in [-0.4, -0.2) is 26.2 Å². The lowest BCUT2D eigenvalue weighted by atomic mass is 10.0. The molecule has 2 heteroatoms. The van der Waals surface area contributed by atoms with E-state index < -0.39 is 0 Å². The van der Waals surface area contributed by atoms with E-state index in [0.29, 0.717) is 0 Å². The van der Waals surface area contributed by atoms with Gasteiger partial charge in [-0.1, -0.05) is 60.7 Å². The molecule has 5 rings (SSSR count). The molecule has 0 unspecified atom stereocenters. The molecule has 3 aromatic rings. The summed E-state index contributed by atoms with van der Waals surface area (Å²) in [7, 11) is 0. The average molecular weight is 341 g/mol. The van der Waals surface area contributed by atoms with Crippen LogP contribution in [0.4, 0.5) is 5.69 Å². The van der Waals surface area contributed by atoms with Gasteiger partial charge >= 0.3 is 0 Å². The van der Waals surface area contributed by atoms with Crippen molar-refractivity contribution in [1.82, 2.24) is 0 Å². The van der Waals surface area contributed by atoms with Crippen LogP contribution in [0.5, 0.6) is 0 Å². The van der Waals surface area contributed by atoms with E-state index in [1.165, 1.54) is 46.6 Å². The van der Waals surface area contributed by atoms with Crippen molar-refractivity contribution in [3.8, 4) is 11.1 Å². The van der Waals surface area contributed by atoms with Gasteiger partial charge in [0.25, 0.3) is 0 Å². The Morgan fingerprint density at radius 2 is 1.46 bits per heavy atom. The van der Waals surface area contributed by atoms with Gasteiger partial charge in [0, 0.05) is 11.3 Å². The molecule has 1 N–H and O–H groups in total. The summed E-state index contributed by atoms with van der Waals surface area (Å²) < 4.78 is 0. The minimum Gasteiger partial charge on any atom is -0.360 e. The van der Waals surface area contributed by atoms with Gasteiger partial charge in [0.1, 0.15) is 6.54 Å². The number of anilines is 1. The largest absolute Gasteiger partial charge is 0.360 e. The summed E-state index contributed by atoms with van der Waals surface area (Å²) in [6.45, 7) is 5.87. The second-order valence-corrected chi connectivity index (χ2v) is 7.57. The lowest BCUT2D eigenvalue weighted by Gasteiger charge is -2.34. The summed E-state index contributed by atoms with van der Waals surface area (Å²) in [6.07, 6.45) is 1.08. The maximum Gasteiger partial charge on any atom is 0.103 e. The van der Waals surface area contributed by atoms with E-state index in [4.69, 9.17) is 0 Å². The molecule has 1 saturated heterocycles. The van der Waals surface area contributed by atoms with Gasteiger partial charge < -0.3 is 9.80 Å². The van der Waals surface area contributed by atoms with Crippen LogP contribution in [0.2, 0.25) is 0 Å². The monoisotopic (exact) mass is 341 g/mol. The highest BCUT2D eigenvalue weighted by Gasteiger charge is 2.23. The molecule has 1 aliphatic carbocycles. The molecule has 0 atom stereocenters. The van der Waals surface area contributed by atoms with E-state index in [2.05, 4.69) is 77.7 Å². The third-order valence-electron chi connectivity index (χ3n) is 5.91. The fourth-order valence-electron chi connectivity index (χ4n) is 4.47. The second kappa shape index (κ2) is 6.62. The van der Waals surface area contributed by atoms with E-state index in [1.54, 1.807) is 4.90 Å². The predicted molar refractivity (Wildman–Crippen MR) is 108 cm³/mol. The first kappa shape index (κ1) is 15.7. The quantitative estimate of drug-likeness (QED) is 0.601. The number of nitrogens with zero attached hydrogens (tertiary/aromatic N) is 1. The van der Waals surface area contributed by atoms with Crippen molar-refractivity contribution in [3.05, 3.63) is 89.5 Å². The third kappa shape index (κ3) is 2.91. The number of piperazine rings is 1. The Kier molecular flexibility index (Phi) is 3.99. The molecule has 0 radical (unpaired) electrons. The van der Waals surface area contributed by atoms with Gasteiger partial charge in [-0.2, -0.15) is 0 Å². The van der Waals surface area contributed by atoms with Crippen LogP contribution in [0.3, 0.4) is 0 Å². The molecule has 0 saturated carbocycles. The van der Waals surface area contributed by atoms with Crippen LogP contribution in [-0.2, 0) is 13.0 Å². The maximum absolute atomic E-state index is 2.57. The number of hydrogen-bond donors (Lipinski definition) is 1. The van der Waals surface area contributed by atoms with Gasteiger partial charge in [-0.25, -0.2) is 0 Å². The second-order valence-electron chi connectivity index (χ2n) is 7.57. The molecule has 0 amide bonds. The van der Waals surface area contributed by atoms with Gasteiger partial charge in [-0.15, -0.1) is 0 Å². The Labute approximate surface area is 155 Å². The molecule has 26 heavy (non-hydrogen) atoms. The van der Waals surface area contributed by atoms with Gasteiger partial charge in [0.2, 0.25) is 0 Å². The first-order valence-corrected chi connectivity index (χ1v) is 9.70. The lowest BCUT2D eigenvalue weighted by molar-refractivity contribution is -0.914. The summed E-state index contributed by atoms with van der Waals surface area (Å²) >= 11 is 0. The molecule has 0 bridgehead atoms. The Morgan fingerprint density at radius 3 is 2.31 bits per heavy atom. The summed E-state index contributed by atoms with van der Waals surface area (Å²) in [6, 6.07) is 26.8. The summed E-state index contributed by atoms with van der Waals surface area (Å²) in [4.78, 5) is 4.26. The molecular formula is C24H25N2+. The third-order valence-corrected chi connectivity index (χ3v) is 5.91. The van der Waals surface area contributed by atoms with Crippen molar-refractivity contribution in [2.75, 3.05) is 31.1 Å².